The lowest BCUT2D eigenvalue weighted by molar-refractivity contribution is 0.0934. The molecule has 0 spiro atoms. The van der Waals surface area contributed by atoms with Gasteiger partial charge in [-0.25, -0.2) is 0 Å². The third-order valence-electron chi connectivity index (χ3n) is 5.51. The zero-order chi connectivity index (χ0) is 16.9. The molecule has 1 aromatic heterocycles. The number of hydrogen-bond acceptors (Lipinski definition) is 3. The molecular formula is C19H32N4O. The lowest BCUT2D eigenvalue weighted by atomic mass is 9.96. The number of amides is 1. The standard InChI is InChI=1S/C19H32N4O/c1-15(2)6-10-22-11-7-16(8-12-22)13-20-19(24)17-14-21-23-9-4-3-5-18(17)23/h14-16H,3-13H2,1-2H3,(H,20,24). The molecule has 134 valence electrons. The number of fused-ring (bicyclic) bond motifs is 1. The number of likely N-dealkylation sites (tertiary alicyclic amines) is 1. The van der Waals surface area contributed by atoms with Crippen molar-refractivity contribution in [3.8, 4) is 0 Å². The first-order valence-electron chi connectivity index (χ1n) is 9.68. The maximum Gasteiger partial charge on any atom is 0.254 e. The summed E-state index contributed by atoms with van der Waals surface area (Å²) in [6.07, 6.45) is 8.76. The number of hydrogen-bond donors (Lipinski definition) is 1. The van der Waals surface area contributed by atoms with Gasteiger partial charge in [-0.1, -0.05) is 13.8 Å². The van der Waals surface area contributed by atoms with Crippen LogP contribution in [-0.2, 0) is 13.0 Å². The summed E-state index contributed by atoms with van der Waals surface area (Å²) in [6, 6.07) is 0. The van der Waals surface area contributed by atoms with E-state index in [0.29, 0.717) is 5.92 Å². The highest BCUT2D eigenvalue weighted by Crippen LogP contribution is 2.20. The quantitative estimate of drug-likeness (QED) is 0.871. The van der Waals surface area contributed by atoms with E-state index in [2.05, 4.69) is 29.2 Å². The molecule has 5 nitrogen and oxygen atoms in total. The van der Waals surface area contributed by atoms with Gasteiger partial charge in [-0.2, -0.15) is 5.10 Å². The van der Waals surface area contributed by atoms with E-state index in [-0.39, 0.29) is 5.91 Å². The molecule has 2 aliphatic rings. The van der Waals surface area contributed by atoms with Crippen molar-refractivity contribution in [3.05, 3.63) is 17.5 Å². The largest absolute Gasteiger partial charge is 0.352 e. The zero-order valence-electron chi connectivity index (χ0n) is 15.3. The predicted octanol–water partition coefficient (Wildman–Crippen LogP) is 2.71. The van der Waals surface area contributed by atoms with Gasteiger partial charge >= 0.3 is 0 Å². The van der Waals surface area contributed by atoms with Gasteiger partial charge in [-0.15, -0.1) is 0 Å². The summed E-state index contributed by atoms with van der Waals surface area (Å²) in [5, 5.41) is 7.53. The van der Waals surface area contributed by atoms with Gasteiger partial charge in [0.05, 0.1) is 17.5 Å². The molecule has 0 unspecified atom stereocenters. The molecule has 24 heavy (non-hydrogen) atoms. The van der Waals surface area contributed by atoms with Crippen LogP contribution in [0.2, 0.25) is 0 Å². The molecular weight excluding hydrogens is 300 g/mol. The molecule has 1 N–H and O–H groups in total. The number of rotatable bonds is 6. The highest BCUT2D eigenvalue weighted by atomic mass is 16.1. The number of aromatic nitrogens is 2. The van der Waals surface area contributed by atoms with E-state index in [0.717, 1.165) is 36.7 Å². The first-order chi connectivity index (χ1) is 11.6. The van der Waals surface area contributed by atoms with Crippen LogP contribution in [0.3, 0.4) is 0 Å². The predicted molar refractivity (Wildman–Crippen MR) is 96.1 cm³/mol. The zero-order valence-corrected chi connectivity index (χ0v) is 15.3. The molecule has 0 saturated carbocycles. The van der Waals surface area contributed by atoms with Crippen molar-refractivity contribution in [1.82, 2.24) is 20.0 Å². The fraction of sp³-hybridized carbons (Fsp3) is 0.789. The van der Waals surface area contributed by atoms with Gasteiger partial charge < -0.3 is 10.2 Å². The Morgan fingerprint density at radius 3 is 2.83 bits per heavy atom. The number of carbonyl (C=O) groups is 1. The SMILES string of the molecule is CC(C)CCN1CCC(CNC(=O)c2cnn3c2CCCC3)CC1. The molecule has 0 atom stereocenters. The van der Waals surface area contributed by atoms with E-state index in [9.17, 15) is 4.79 Å². The van der Waals surface area contributed by atoms with Gasteiger partial charge in [0.15, 0.2) is 0 Å². The van der Waals surface area contributed by atoms with Gasteiger partial charge in [-0.05, 0) is 70.0 Å². The maximum absolute atomic E-state index is 12.5. The first-order valence-corrected chi connectivity index (χ1v) is 9.68. The van der Waals surface area contributed by atoms with Crippen LogP contribution in [-0.4, -0.2) is 46.8 Å². The minimum absolute atomic E-state index is 0.0698. The van der Waals surface area contributed by atoms with E-state index in [4.69, 9.17) is 0 Å². The van der Waals surface area contributed by atoms with Crippen molar-refractivity contribution in [2.45, 2.75) is 58.9 Å². The molecule has 2 aliphatic heterocycles. The van der Waals surface area contributed by atoms with Gasteiger partial charge in [-0.3, -0.25) is 9.48 Å². The van der Waals surface area contributed by atoms with Gasteiger partial charge in [0.1, 0.15) is 0 Å². The lowest BCUT2D eigenvalue weighted by Crippen LogP contribution is -2.39. The monoisotopic (exact) mass is 332 g/mol. The van der Waals surface area contributed by atoms with Crippen LogP contribution < -0.4 is 5.32 Å². The van der Waals surface area contributed by atoms with Crippen molar-refractivity contribution < 1.29 is 4.79 Å². The Hall–Kier alpha value is -1.36. The molecule has 3 rings (SSSR count). The maximum atomic E-state index is 12.5. The summed E-state index contributed by atoms with van der Waals surface area (Å²) >= 11 is 0. The minimum atomic E-state index is 0.0698. The van der Waals surface area contributed by atoms with Crippen LogP contribution in [0.25, 0.3) is 0 Å². The number of nitrogens with zero attached hydrogens (tertiary/aromatic N) is 3. The fourth-order valence-electron chi connectivity index (χ4n) is 3.80. The average Bonchev–Trinajstić information content (AvgIpc) is 3.03. The average molecular weight is 332 g/mol. The van der Waals surface area contributed by atoms with E-state index in [1.165, 1.54) is 51.7 Å². The normalized spacial score (nSPS) is 19.5. The molecule has 1 amide bonds. The Kier molecular flexibility index (Phi) is 5.93. The lowest BCUT2D eigenvalue weighted by Gasteiger charge is -2.32. The van der Waals surface area contributed by atoms with Crippen molar-refractivity contribution in [2.75, 3.05) is 26.2 Å². The molecule has 5 heteroatoms. The summed E-state index contributed by atoms with van der Waals surface area (Å²) < 4.78 is 2.01. The van der Waals surface area contributed by atoms with Crippen molar-refractivity contribution in [1.29, 1.82) is 0 Å². The van der Waals surface area contributed by atoms with Crippen molar-refractivity contribution >= 4 is 5.91 Å². The summed E-state index contributed by atoms with van der Waals surface area (Å²) in [7, 11) is 0. The van der Waals surface area contributed by atoms with E-state index in [1.807, 2.05) is 4.68 Å². The highest BCUT2D eigenvalue weighted by Gasteiger charge is 2.22. The van der Waals surface area contributed by atoms with E-state index >= 15 is 0 Å². The van der Waals surface area contributed by atoms with Crippen LogP contribution in [0.15, 0.2) is 6.20 Å². The van der Waals surface area contributed by atoms with E-state index in [1.54, 1.807) is 6.20 Å². The minimum Gasteiger partial charge on any atom is -0.352 e. The third kappa shape index (κ3) is 4.38. The molecule has 3 heterocycles. The van der Waals surface area contributed by atoms with Crippen LogP contribution >= 0.6 is 0 Å². The molecule has 0 aliphatic carbocycles. The van der Waals surface area contributed by atoms with Crippen LogP contribution in [0.4, 0.5) is 0 Å². The van der Waals surface area contributed by atoms with Crippen LogP contribution in [0.5, 0.6) is 0 Å². The van der Waals surface area contributed by atoms with Gasteiger partial charge in [0, 0.05) is 13.1 Å². The van der Waals surface area contributed by atoms with Gasteiger partial charge in [0.2, 0.25) is 0 Å². The van der Waals surface area contributed by atoms with Crippen LogP contribution in [0, 0.1) is 11.8 Å². The summed E-state index contributed by atoms with van der Waals surface area (Å²) in [5.41, 5.74) is 1.92. The molecule has 0 bridgehead atoms. The molecule has 1 saturated heterocycles. The topological polar surface area (TPSA) is 50.2 Å². The highest BCUT2D eigenvalue weighted by molar-refractivity contribution is 5.95. The first kappa shape index (κ1) is 17.5. The van der Waals surface area contributed by atoms with E-state index < -0.39 is 0 Å². The smallest absolute Gasteiger partial charge is 0.254 e. The Balaban J connectivity index is 1.42. The summed E-state index contributed by atoms with van der Waals surface area (Å²) in [5.74, 6) is 1.47. The third-order valence-corrected chi connectivity index (χ3v) is 5.51. The second kappa shape index (κ2) is 8.15. The fourth-order valence-corrected chi connectivity index (χ4v) is 3.80. The molecule has 0 aromatic carbocycles. The molecule has 1 fully saturated rings. The van der Waals surface area contributed by atoms with Crippen molar-refractivity contribution in [2.24, 2.45) is 11.8 Å². The number of aryl methyl sites for hydroxylation is 1. The number of piperidine rings is 1. The number of nitrogens with one attached hydrogen (secondary N) is 1. The Morgan fingerprint density at radius 1 is 1.29 bits per heavy atom. The number of carbonyl (C=O) groups excluding carboxylic acids is 1. The molecule has 1 aromatic rings. The Labute approximate surface area is 145 Å². The Morgan fingerprint density at radius 2 is 2.08 bits per heavy atom. The molecule has 0 radical (unpaired) electrons. The van der Waals surface area contributed by atoms with Crippen LogP contribution in [0.1, 0.15) is 62.0 Å². The second-order valence-electron chi connectivity index (χ2n) is 7.86. The summed E-state index contributed by atoms with van der Waals surface area (Å²) in [4.78, 5) is 15.1. The second-order valence-corrected chi connectivity index (χ2v) is 7.86. The van der Waals surface area contributed by atoms with Crippen molar-refractivity contribution in [3.63, 3.8) is 0 Å². The summed E-state index contributed by atoms with van der Waals surface area (Å²) in [6.45, 7) is 9.92. The Bertz CT molecular complexity index is 544. The van der Waals surface area contributed by atoms with Gasteiger partial charge in [0.25, 0.3) is 5.91 Å².